The van der Waals surface area contributed by atoms with E-state index in [0.29, 0.717) is 5.95 Å². The minimum atomic E-state index is 0.146. The number of aromatic nitrogens is 3. The Labute approximate surface area is 64.8 Å². The van der Waals surface area contributed by atoms with Gasteiger partial charge in [0.25, 0.3) is 0 Å². The van der Waals surface area contributed by atoms with Gasteiger partial charge in [-0.1, -0.05) is 6.92 Å². The third-order valence-electron chi connectivity index (χ3n) is 1.11. The molecule has 1 unspecified atom stereocenters. The van der Waals surface area contributed by atoms with Crippen molar-refractivity contribution in [3.8, 4) is 0 Å². The lowest BCUT2D eigenvalue weighted by Gasteiger charge is -2.06. The minimum Gasteiger partial charge on any atom is -0.343 e. The van der Waals surface area contributed by atoms with Crippen LogP contribution < -0.4 is 5.32 Å². The maximum absolute atomic E-state index is 4.22. The highest BCUT2D eigenvalue weighted by Gasteiger charge is 1.99. The Hall–Kier alpha value is -0.710. The molecule has 0 bridgehead atoms. The molecule has 0 aliphatic carbocycles. The summed E-state index contributed by atoms with van der Waals surface area (Å²) < 4.78 is 0. The van der Waals surface area contributed by atoms with Gasteiger partial charge in [0.1, 0.15) is 6.33 Å². The summed E-state index contributed by atoms with van der Waals surface area (Å²) in [5, 5.41) is 9.51. The zero-order valence-corrected chi connectivity index (χ0v) is 6.60. The molecular weight excluding hydrogens is 148 g/mol. The Morgan fingerprint density at radius 3 is 3.20 bits per heavy atom. The minimum absolute atomic E-state index is 0.146. The first-order chi connectivity index (χ1) is 4.83. The fourth-order valence-corrected chi connectivity index (χ4v) is 0.657. The van der Waals surface area contributed by atoms with Gasteiger partial charge in [0.05, 0.1) is 5.37 Å². The number of hydrogen-bond acceptors (Lipinski definition) is 4. The largest absolute Gasteiger partial charge is 0.343 e. The molecular formula is C5H10N4S. The van der Waals surface area contributed by atoms with Crippen LogP contribution in [0.25, 0.3) is 0 Å². The van der Waals surface area contributed by atoms with Crippen LogP contribution in [0.3, 0.4) is 0 Å². The summed E-state index contributed by atoms with van der Waals surface area (Å²) in [7, 11) is 0. The van der Waals surface area contributed by atoms with Gasteiger partial charge < -0.3 is 5.32 Å². The molecule has 56 valence electrons. The van der Waals surface area contributed by atoms with E-state index in [1.54, 1.807) is 0 Å². The Morgan fingerprint density at radius 1 is 1.90 bits per heavy atom. The third kappa shape index (κ3) is 1.91. The highest BCUT2D eigenvalue weighted by molar-refractivity contribution is 7.81. The second kappa shape index (κ2) is 3.46. The van der Waals surface area contributed by atoms with Crippen LogP contribution >= 0.6 is 12.6 Å². The molecule has 0 saturated heterocycles. The third-order valence-corrected chi connectivity index (χ3v) is 1.60. The highest BCUT2D eigenvalue weighted by atomic mass is 32.1. The van der Waals surface area contributed by atoms with E-state index in [9.17, 15) is 0 Å². The normalized spacial score (nSPS) is 13.0. The van der Waals surface area contributed by atoms with Crippen LogP contribution in [0.5, 0.6) is 0 Å². The number of aromatic amines is 1. The molecule has 1 atom stereocenters. The van der Waals surface area contributed by atoms with Crippen LogP contribution in [-0.4, -0.2) is 20.6 Å². The van der Waals surface area contributed by atoms with E-state index in [2.05, 4.69) is 33.1 Å². The van der Waals surface area contributed by atoms with Crippen LogP contribution in [0, 0.1) is 0 Å². The smallest absolute Gasteiger partial charge is 0.219 e. The first-order valence-corrected chi connectivity index (χ1v) is 3.64. The summed E-state index contributed by atoms with van der Waals surface area (Å²) in [6, 6.07) is 0. The number of rotatable bonds is 3. The number of anilines is 1. The predicted molar refractivity (Wildman–Crippen MR) is 43.1 cm³/mol. The maximum Gasteiger partial charge on any atom is 0.219 e. The lowest BCUT2D eigenvalue weighted by Crippen LogP contribution is -2.11. The number of nitrogens with one attached hydrogen (secondary N) is 2. The molecule has 0 radical (unpaired) electrons. The summed E-state index contributed by atoms with van der Waals surface area (Å²) in [5.74, 6) is 0.668. The van der Waals surface area contributed by atoms with E-state index in [0.717, 1.165) is 6.42 Å². The first-order valence-electron chi connectivity index (χ1n) is 3.13. The van der Waals surface area contributed by atoms with Crippen LogP contribution in [0.15, 0.2) is 6.33 Å². The summed E-state index contributed by atoms with van der Waals surface area (Å²) in [6.07, 6.45) is 2.41. The summed E-state index contributed by atoms with van der Waals surface area (Å²) in [5.41, 5.74) is 0. The fourth-order valence-electron chi connectivity index (χ4n) is 0.535. The molecule has 0 aliphatic rings. The Balaban J connectivity index is 2.40. The number of H-pyrrole nitrogens is 1. The van der Waals surface area contributed by atoms with Gasteiger partial charge in [0.2, 0.25) is 5.95 Å². The Kier molecular flexibility index (Phi) is 2.56. The number of thiol groups is 1. The zero-order chi connectivity index (χ0) is 7.40. The molecule has 0 fully saturated rings. The van der Waals surface area contributed by atoms with E-state index < -0.39 is 0 Å². The average Bonchev–Trinajstić information content (AvgIpc) is 2.40. The van der Waals surface area contributed by atoms with Gasteiger partial charge in [-0.25, -0.2) is 10.1 Å². The second-order valence-corrected chi connectivity index (χ2v) is 2.53. The van der Waals surface area contributed by atoms with Crippen molar-refractivity contribution in [3.05, 3.63) is 6.33 Å². The Bertz CT molecular complexity index is 174. The quantitative estimate of drug-likeness (QED) is 0.452. The maximum atomic E-state index is 4.22. The van der Waals surface area contributed by atoms with Crippen molar-refractivity contribution < 1.29 is 0 Å². The number of nitrogens with zero attached hydrogens (tertiary/aromatic N) is 2. The lowest BCUT2D eigenvalue weighted by molar-refractivity contribution is 0.905. The van der Waals surface area contributed by atoms with Crippen molar-refractivity contribution in [1.29, 1.82) is 0 Å². The van der Waals surface area contributed by atoms with E-state index in [1.807, 2.05) is 6.92 Å². The van der Waals surface area contributed by atoms with Gasteiger partial charge in [0.15, 0.2) is 0 Å². The molecule has 0 aliphatic heterocycles. The lowest BCUT2D eigenvalue weighted by atomic mass is 10.5. The fraction of sp³-hybridized carbons (Fsp3) is 0.600. The van der Waals surface area contributed by atoms with Gasteiger partial charge >= 0.3 is 0 Å². The first kappa shape index (κ1) is 7.40. The van der Waals surface area contributed by atoms with Gasteiger partial charge in [0, 0.05) is 0 Å². The standard InChI is InChI=1S/C5H10N4S/c1-2-4(10)8-5-6-3-7-9-5/h3-4,10H,2H2,1H3,(H2,6,7,8,9). The Morgan fingerprint density at radius 2 is 2.70 bits per heavy atom. The average molecular weight is 158 g/mol. The van der Waals surface area contributed by atoms with Crippen molar-refractivity contribution in [2.24, 2.45) is 0 Å². The molecule has 4 nitrogen and oxygen atoms in total. The van der Waals surface area contributed by atoms with E-state index in [1.165, 1.54) is 6.33 Å². The predicted octanol–water partition coefficient (Wildman–Crippen LogP) is 0.882. The summed E-state index contributed by atoms with van der Waals surface area (Å²) in [6.45, 7) is 2.04. The molecule has 0 saturated carbocycles. The molecule has 10 heavy (non-hydrogen) atoms. The van der Waals surface area contributed by atoms with Crippen molar-refractivity contribution >= 4 is 18.6 Å². The molecule has 1 aromatic heterocycles. The second-order valence-electron chi connectivity index (χ2n) is 1.90. The molecule has 0 spiro atoms. The molecule has 1 aromatic rings. The summed E-state index contributed by atoms with van der Waals surface area (Å²) >= 11 is 4.22. The van der Waals surface area contributed by atoms with E-state index in [4.69, 9.17) is 0 Å². The van der Waals surface area contributed by atoms with Crippen molar-refractivity contribution in [2.45, 2.75) is 18.7 Å². The molecule has 1 rings (SSSR count). The van der Waals surface area contributed by atoms with E-state index in [-0.39, 0.29) is 5.37 Å². The SMILES string of the molecule is CCC(S)Nc1ncn[nH]1. The van der Waals surface area contributed by atoms with Crippen LogP contribution in [-0.2, 0) is 0 Å². The van der Waals surface area contributed by atoms with Crippen LogP contribution in [0.2, 0.25) is 0 Å². The molecule has 2 N–H and O–H groups in total. The van der Waals surface area contributed by atoms with Crippen molar-refractivity contribution in [2.75, 3.05) is 5.32 Å². The topological polar surface area (TPSA) is 53.6 Å². The van der Waals surface area contributed by atoms with Gasteiger partial charge in [-0.2, -0.15) is 17.7 Å². The molecule has 1 heterocycles. The zero-order valence-electron chi connectivity index (χ0n) is 5.70. The van der Waals surface area contributed by atoms with Gasteiger partial charge in [-0.05, 0) is 6.42 Å². The van der Waals surface area contributed by atoms with Crippen LogP contribution in [0.1, 0.15) is 13.3 Å². The summed E-state index contributed by atoms with van der Waals surface area (Å²) in [4.78, 5) is 3.88. The van der Waals surface area contributed by atoms with Gasteiger partial charge in [-0.3, -0.25) is 0 Å². The highest BCUT2D eigenvalue weighted by Crippen LogP contribution is 2.03. The van der Waals surface area contributed by atoms with Gasteiger partial charge in [-0.15, -0.1) is 0 Å². The molecule has 0 aromatic carbocycles. The molecule has 5 heteroatoms. The molecule has 0 amide bonds. The monoisotopic (exact) mass is 158 g/mol. The van der Waals surface area contributed by atoms with Crippen LogP contribution in [0.4, 0.5) is 5.95 Å². The van der Waals surface area contributed by atoms with E-state index >= 15 is 0 Å². The van der Waals surface area contributed by atoms with Crippen molar-refractivity contribution in [3.63, 3.8) is 0 Å². The number of hydrogen-bond donors (Lipinski definition) is 3. The van der Waals surface area contributed by atoms with Crippen molar-refractivity contribution in [1.82, 2.24) is 15.2 Å².